The first-order valence-electron chi connectivity index (χ1n) is 6.85. The molecule has 0 N–H and O–H groups in total. The van der Waals surface area contributed by atoms with Crippen molar-refractivity contribution in [2.24, 2.45) is 0 Å². The number of likely N-dealkylation sites (tertiary alicyclic amines) is 1. The quantitative estimate of drug-likeness (QED) is 0.583. The van der Waals surface area contributed by atoms with Crippen LogP contribution < -0.4 is 0 Å². The lowest BCUT2D eigenvalue weighted by Gasteiger charge is -2.17. The molecule has 0 atom stereocenters. The van der Waals surface area contributed by atoms with Crippen LogP contribution in [0, 0.1) is 0 Å². The Bertz CT molecular complexity index is 456. The molecule has 104 valence electrons. The van der Waals surface area contributed by atoms with E-state index >= 15 is 0 Å². The number of nitrogens with zero attached hydrogens (tertiary/aromatic N) is 3. The van der Waals surface area contributed by atoms with Crippen molar-refractivity contribution in [3.63, 3.8) is 0 Å². The highest BCUT2D eigenvalue weighted by Gasteiger charge is 2.33. The largest absolute Gasteiger partial charge is 0.375 e. The molecule has 2 saturated heterocycles. The van der Waals surface area contributed by atoms with Gasteiger partial charge in [0, 0.05) is 32.4 Å². The van der Waals surface area contributed by atoms with Gasteiger partial charge in [-0.25, -0.2) is 0 Å². The zero-order valence-electron chi connectivity index (χ0n) is 11.8. The van der Waals surface area contributed by atoms with Gasteiger partial charge < -0.3 is 9.80 Å². The molecule has 0 saturated carbocycles. The molecular formula is C14H21N3OS. The Labute approximate surface area is 120 Å². The van der Waals surface area contributed by atoms with Gasteiger partial charge >= 0.3 is 0 Å². The molecule has 0 bridgehead atoms. The summed E-state index contributed by atoms with van der Waals surface area (Å²) in [7, 11) is 1.73. The highest BCUT2D eigenvalue weighted by atomic mass is 32.1. The van der Waals surface area contributed by atoms with Crippen LogP contribution >= 0.6 is 12.2 Å². The summed E-state index contributed by atoms with van der Waals surface area (Å²) in [4.78, 5) is 17.9. The minimum atomic E-state index is -0.00949. The lowest BCUT2D eigenvalue weighted by molar-refractivity contribution is -0.121. The third-order valence-electron chi connectivity index (χ3n) is 3.73. The number of likely N-dealkylation sites (N-methyl/N-ethyl adjacent to an activating group) is 2. The van der Waals surface area contributed by atoms with Crippen molar-refractivity contribution in [2.75, 3.05) is 26.7 Å². The summed E-state index contributed by atoms with van der Waals surface area (Å²) in [5.74, 6) is -0.00949. The highest BCUT2D eigenvalue weighted by molar-refractivity contribution is 7.80. The molecule has 0 radical (unpaired) electrons. The average molecular weight is 279 g/mol. The van der Waals surface area contributed by atoms with Crippen molar-refractivity contribution in [3.8, 4) is 0 Å². The first-order valence-corrected chi connectivity index (χ1v) is 7.26. The molecule has 0 aromatic heterocycles. The molecule has 1 amide bonds. The second-order valence-corrected chi connectivity index (χ2v) is 5.15. The summed E-state index contributed by atoms with van der Waals surface area (Å²) in [5.41, 5.74) is 2.00. The molecule has 5 heteroatoms. The Kier molecular flexibility index (Phi) is 4.24. The monoisotopic (exact) mass is 279 g/mol. The summed E-state index contributed by atoms with van der Waals surface area (Å²) in [6.07, 6.45) is 6.30. The molecule has 19 heavy (non-hydrogen) atoms. The first kappa shape index (κ1) is 14.1. The van der Waals surface area contributed by atoms with Gasteiger partial charge in [0.1, 0.15) is 5.70 Å². The lowest BCUT2D eigenvalue weighted by Crippen LogP contribution is -2.29. The molecule has 2 aliphatic heterocycles. The van der Waals surface area contributed by atoms with Gasteiger partial charge in [-0.15, -0.1) is 0 Å². The molecule has 2 fully saturated rings. The maximum Gasteiger partial charge on any atom is 0.276 e. The first-order chi connectivity index (χ1) is 9.10. The van der Waals surface area contributed by atoms with Crippen molar-refractivity contribution in [1.29, 1.82) is 0 Å². The van der Waals surface area contributed by atoms with E-state index in [2.05, 4.69) is 17.9 Å². The second-order valence-electron chi connectivity index (χ2n) is 4.78. The third kappa shape index (κ3) is 2.52. The van der Waals surface area contributed by atoms with E-state index in [9.17, 15) is 4.79 Å². The SMILES string of the molecule is CCN1CCC/C1=C\C=C1/C(=O)N(C)C(=S)N1CC. The number of allylic oxidation sites excluding steroid dienone is 3. The Balaban J connectivity index is 2.25. The van der Waals surface area contributed by atoms with Crippen LogP contribution in [0.15, 0.2) is 23.5 Å². The minimum Gasteiger partial charge on any atom is -0.375 e. The highest BCUT2D eigenvalue weighted by Crippen LogP contribution is 2.23. The summed E-state index contributed by atoms with van der Waals surface area (Å²) in [6.45, 7) is 7.04. The normalized spacial score (nSPS) is 24.5. The van der Waals surface area contributed by atoms with E-state index in [0.717, 1.165) is 26.1 Å². The van der Waals surface area contributed by atoms with Crippen LogP contribution in [-0.4, -0.2) is 52.4 Å². The van der Waals surface area contributed by atoms with Gasteiger partial charge in [0.15, 0.2) is 5.11 Å². The van der Waals surface area contributed by atoms with E-state index in [-0.39, 0.29) is 5.91 Å². The molecule has 0 spiro atoms. The van der Waals surface area contributed by atoms with Crippen LogP contribution in [0.25, 0.3) is 0 Å². The van der Waals surface area contributed by atoms with Crippen molar-refractivity contribution in [2.45, 2.75) is 26.7 Å². The maximum atomic E-state index is 12.1. The zero-order chi connectivity index (χ0) is 14.0. The van der Waals surface area contributed by atoms with Crippen LogP contribution in [0.2, 0.25) is 0 Å². The molecule has 2 aliphatic rings. The predicted octanol–water partition coefficient (Wildman–Crippen LogP) is 1.95. The predicted molar refractivity (Wildman–Crippen MR) is 80.4 cm³/mol. The van der Waals surface area contributed by atoms with E-state index in [1.54, 1.807) is 7.05 Å². The maximum absolute atomic E-state index is 12.1. The molecular weight excluding hydrogens is 258 g/mol. The van der Waals surface area contributed by atoms with Crippen LogP contribution in [-0.2, 0) is 4.79 Å². The van der Waals surface area contributed by atoms with Gasteiger partial charge in [-0.05, 0) is 51.1 Å². The third-order valence-corrected chi connectivity index (χ3v) is 4.23. The van der Waals surface area contributed by atoms with Crippen LogP contribution in [0.5, 0.6) is 0 Å². The van der Waals surface area contributed by atoms with Crippen LogP contribution in [0.1, 0.15) is 26.7 Å². The molecule has 0 unspecified atom stereocenters. The average Bonchev–Trinajstić information content (AvgIpc) is 2.95. The Morgan fingerprint density at radius 2 is 2.00 bits per heavy atom. The van der Waals surface area contributed by atoms with Gasteiger partial charge in [-0.2, -0.15) is 0 Å². The number of carbonyl (C=O) groups is 1. The number of hydrogen-bond acceptors (Lipinski definition) is 3. The van der Waals surface area contributed by atoms with E-state index in [4.69, 9.17) is 12.2 Å². The number of thiocarbonyl (C=S) groups is 1. The van der Waals surface area contributed by atoms with Crippen molar-refractivity contribution >= 4 is 23.2 Å². The van der Waals surface area contributed by atoms with E-state index in [1.807, 2.05) is 17.9 Å². The van der Waals surface area contributed by atoms with Crippen LogP contribution in [0.4, 0.5) is 0 Å². The van der Waals surface area contributed by atoms with Gasteiger partial charge in [0.25, 0.3) is 5.91 Å². The molecule has 2 rings (SSSR count). The lowest BCUT2D eigenvalue weighted by atomic mass is 10.2. The van der Waals surface area contributed by atoms with Crippen LogP contribution in [0.3, 0.4) is 0 Å². The van der Waals surface area contributed by atoms with Crippen molar-refractivity contribution < 1.29 is 4.79 Å². The summed E-state index contributed by atoms with van der Waals surface area (Å²) in [6, 6.07) is 0. The molecule has 2 heterocycles. The smallest absolute Gasteiger partial charge is 0.276 e. The van der Waals surface area contributed by atoms with E-state index in [1.165, 1.54) is 17.0 Å². The molecule has 4 nitrogen and oxygen atoms in total. The summed E-state index contributed by atoms with van der Waals surface area (Å²) in [5, 5.41) is 0.593. The standard InChI is InChI=1S/C14H21N3OS/c1-4-16-10-6-7-11(16)8-9-12-13(18)15(3)14(19)17(12)5-2/h8-9H,4-7,10H2,1-3H3/b11-8+,12-9+. The number of hydrogen-bond donors (Lipinski definition) is 0. The minimum absolute atomic E-state index is 0.00949. The van der Waals surface area contributed by atoms with Crippen molar-refractivity contribution in [1.82, 2.24) is 14.7 Å². The topological polar surface area (TPSA) is 26.8 Å². The number of rotatable bonds is 3. The van der Waals surface area contributed by atoms with Gasteiger partial charge in [-0.1, -0.05) is 0 Å². The Morgan fingerprint density at radius 3 is 2.63 bits per heavy atom. The zero-order valence-corrected chi connectivity index (χ0v) is 12.7. The van der Waals surface area contributed by atoms with Crippen molar-refractivity contribution in [3.05, 3.63) is 23.5 Å². The van der Waals surface area contributed by atoms with E-state index < -0.39 is 0 Å². The van der Waals surface area contributed by atoms with Gasteiger partial charge in [0.05, 0.1) is 0 Å². The molecule has 0 aliphatic carbocycles. The molecule has 0 aromatic carbocycles. The fourth-order valence-corrected chi connectivity index (χ4v) is 2.91. The van der Waals surface area contributed by atoms with Gasteiger partial charge in [-0.3, -0.25) is 9.69 Å². The second kappa shape index (κ2) is 5.74. The van der Waals surface area contributed by atoms with Gasteiger partial charge in [0.2, 0.25) is 0 Å². The summed E-state index contributed by atoms with van der Waals surface area (Å²) >= 11 is 5.27. The fourth-order valence-electron chi connectivity index (χ4n) is 2.60. The number of carbonyl (C=O) groups excluding carboxylic acids is 1. The Hall–Kier alpha value is -1.36. The van der Waals surface area contributed by atoms with E-state index in [0.29, 0.717) is 10.8 Å². The molecule has 0 aromatic rings. The fraction of sp³-hybridized carbons (Fsp3) is 0.571. The summed E-state index contributed by atoms with van der Waals surface area (Å²) < 4.78 is 0. The number of amides is 1. The Morgan fingerprint density at radius 1 is 1.26 bits per heavy atom.